The predicted octanol–water partition coefficient (Wildman–Crippen LogP) is 1.83. The lowest BCUT2D eigenvalue weighted by molar-refractivity contribution is -0.133. The Morgan fingerprint density at radius 1 is 1.50 bits per heavy atom. The fraction of sp³-hybridized carbons (Fsp3) is 0.692. The molecule has 0 aromatic carbocycles. The summed E-state index contributed by atoms with van der Waals surface area (Å²) >= 11 is 1.46. The zero-order chi connectivity index (χ0) is 15.1. The van der Waals surface area contributed by atoms with Gasteiger partial charge in [-0.1, -0.05) is 6.92 Å². The smallest absolute Gasteiger partial charge is 0.410 e. The van der Waals surface area contributed by atoms with Crippen LogP contribution in [-0.2, 0) is 9.53 Å². The minimum atomic E-state index is -0.952. The summed E-state index contributed by atoms with van der Waals surface area (Å²) in [6, 6.07) is 0. The molecule has 20 heavy (non-hydrogen) atoms. The molecule has 2 aliphatic heterocycles. The molecule has 1 amide bonds. The fourth-order valence-corrected chi connectivity index (χ4v) is 3.36. The maximum absolute atomic E-state index is 11.9. The van der Waals surface area contributed by atoms with Crippen molar-refractivity contribution in [3.05, 3.63) is 11.1 Å². The van der Waals surface area contributed by atoms with Crippen LogP contribution in [0.3, 0.4) is 0 Å². The molecule has 1 saturated heterocycles. The monoisotopic (exact) mass is 300 g/mol. The molecule has 1 fully saturated rings. The zero-order valence-electron chi connectivity index (χ0n) is 12.1. The maximum atomic E-state index is 11.9. The highest BCUT2D eigenvalue weighted by Gasteiger charge is 2.49. The number of carbonyl (C=O) groups excluding carboxylic acids is 1. The van der Waals surface area contributed by atoms with E-state index in [1.165, 1.54) is 11.8 Å². The van der Waals surface area contributed by atoms with Crippen molar-refractivity contribution in [2.45, 2.75) is 38.7 Å². The van der Waals surface area contributed by atoms with Crippen molar-refractivity contribution in [1.29, 1.82) is 0 Å². The van der Waals surface area contributed by atoms with Crippen LogP contribution in [0, 0.1) is 5.41 Å². The first-order valence-corrected chi connectivity index (χ1v) is 7.38. The average Bonchev–Trinajstić information content (AvgIpc) is 2.71. The molecule has 0 aliphatic carbocycles. The van der Waals surface area contributed by atoms with Gasteiger partial charge in [0.05, 0.1) is 5.37 Å². The summed E-state index contributed by atoms with van der Waals surface area (Å²) < 4.78 is 5.31. The first kappa shape index (κ1) is 15.0. The number of carboxylic acid groups (broad SMARTS) is 1. The van der Waals surface area contributed by atoms with E-state index in [4.69, 9.17) is 9.84 Å². The summed E-state index contributed by atoms with van der Waals surface area (Å²) in [6.45, 7) is 8.67. The van der Waals surface area contributed by atoms with E-state index >= 15 is 0 Å². The Morgan fingerprint density at radius 3 is 2.55 bits per heavy atom. The van der Waals surface area contributed by atoms with Crippen LogP contribution in [0.25, 0.3) is 0 Å². The molecule has 0 spiro atoms. The van der Waals surface area contributed by atoms with Gasteiger partial charge in [0.2, 0.25) is 0 Å². The summed E-state index contributed by atoms with van der Waals surface area (Å²) in [4.78, 5) is 24.4. The number of likely N-dealkylation sites (tertiary alicyclic amines) is 1. The van der Waals surface area contributed by atoms with Gasteiger partial charge in [0.15, 0.2) is 0 Å². The number of ether oxygens (including phenoxy) is 1. The highest BCUT2D eigenvalue weighted by atomic mass is 32.2. The number of nitrogens with zero attached hydrogens (tertiary/aromatic N) is 1. The molecule has 7 heteroatoms. The molecule has 112 valence electrons. The van der Waals surface area contributed by atoms with E-state index in [9.17, 15) is 9.59 Å². The second-order valence-electron chi connectivity index (χ2n) is 6.49. The molecule has 2 N–H and O–H groups in total. The predicted molar refractivity (Wildman–Crippen MR) is 76.1 cm³/mol. The van der Waals surface area contributed by atoms with Crippen LogP contribution in [0.4, 0.5) is 4.79 Å². The fourth-order valence-electron chi connectivity index (χ4n) is 2.24. The van der Waals surface area contributed by atoms with Crippen molar-refractivity contribution in [1.82, 2.24) is 10.2 Å². The van der Waals surface area contributed by atoms with E-state index in [2.05, 4.69) is 5.32 Å². The van der Waals surface area contributed by atoms with Crippen LogP contribution < -0.4 is 5.32 Å². The lowest BCUT2D eigenvalue weighted by atomic mass is 9.81. The Morgan fingerprint density at radius 2 is 2.10 bits per heavy atom. The van der Waals surface area contributed by atoms with Crippen molar-refractivity contribution in [3.8, 4) is 0 Å². The van der Waals surface area contributed by atoms with Gasteiger partial charge in [-0.3, -0.25) is 0 Å². The first-order chi connectivity index (χ1) is 9.11. The second kappa shape index (κ2) is 4.87. The third kappa shape index (κ3) is 3.03. The van der Waals surface area contributed by atoms with E-state index in [1.54, 1.807) is 10.3 Å². The lowest BCUT2D eigenvalue weighted by Crippen LogP contribution is -2.63. The van der Waals surface area contributed by atoms with E-state index in [1.807, 2.05) is 27.7 Å². The van der Waals surface area contributed by atoms with Gasteiger partial charge in [-0.25, -0.2) is 9.59 Å². The third-order valence-corrected chi connectivity index (χ3v) is 4.56. The van der Waals surface area contributed by atoms with Gasteiger partial charge in [0, 0.05) is 23.9 Å². The van der Waals surface area contributed by atoms with Crippen LogP contribution in [0.1, 0.15) is 27.7 Å². The SMILES string of the molecule is CC(C)(C)OC(=O)N1CC(C)(C2NC(C(=O)O)=CS2)C1. The third-order valence-electron chi connectivity index (χ3n) is 3.23. The van der Waals surface area contributed by atoms with Crippen molar-refractivity contribution >= 4 is 23.8 Å². The number of rotatable bonds is 2. The minimum Gasteiger partial charge on any atom is -0.477 e. The van der Waals surface area contributed by atoms with Gasteiger partial charge in [0.25, 0.3) is 0 Å². The van der Waals surface area contributed by atoms with Crippen molar-refractivity contribution in [2.24, 2.45) is 5.41 Å². The van der Waals surface area contributed by atoms with Crippen LogP contribution in [0.2, 0.25) is 0 Å². The Balaban J connectivity index is 1.86. The van der Waals surface area contributed by atoms with Crippen molar-refractivity contribution < 1.29 is 19.4 Å². The summed E-state index contributed by atoms with van der Waals surface area (Å²) in [5.74, 6) is -0.952. The molecule has 2 rings (SSSR count). The summed E-state index contributed by atoms with van der Waals surface area (Å²) in [6.07, 6.45) is -0.315. The maximum Gasteiger partial charge on any atom is 0.410 e. The number of hydrogen-bond acceptors (Lipinski definition) is 5. The largest absolute Gasteiger partial charge is 0.477 e. The normalized spacial score (nSPS) is 24.5. The Kier molecular flexibility index (Phi) is 3.66. The Bertz CT molecular complexity index is 463. The molecular formula is C13H20N2O4S. The van der Waals surface area contributed by atoms with Gasteiger partial charge in [-0.2, -0.15) is 0 Å². The van der Waals surface area contributed by atoms with Gasteiger partial charge >= 0.3 is 12.1 Å². The topological polar surface area (TPSA) is 78.9 Å². The van der Waals surface area contributed by atoms with E-state index in [-0.39, 0.29) is 22.6 Å². The second-order valence-corrected chi connectivity index (χ2v) is 7.47. The van der Waals surface area contributed by atoms with E-state index in [0.29, 0.717) is 13.1 Å². The van der Waals surface area contributed by atoms with E-state index in [0.717, 1.165) is 0 Å². The van der Waals surface area contributed by atoms with Crippen LogP contribution in [0.5, 0.6) is 0 Å². The number of thioether (sulfide) groups is 1. The number of aliphatic carboxylic acids is 1. The number of amides is 1. The van der Waals surface area contributed by atoms with Crippen molar-refractivity contribution in [2.75, 3.05) is 13.1 Å². The minimum absolute atomic E-state index is 0.0210. The number of carboxylic acids is 1. The van der Waals surface area contributed by atoms with Gasteiger partial charge in [-0.05, 0) is 20.8 Å². The molecule has 1 unspecified atom stereocenters. The van der Waals surface area contributed by atoms with Gasteiger partial charge < -0.3 is 20.1 Å². The molecule has 0 aromatic rings. The lowest BCUT2D eigenvalue weighted by Gasteiger charge is -2.50. The Labute approximate surface area is 122 Å². The summed E-state index contributed by atoms with van der Waals surface area (Å²) in [5, 5.41) is 13.5. The average molecular weight is 300 g/mol. The van der Waals surface area contributed by atoms with Crippen LogP contribution >= 0.6 is 11.8 Å². The van der Waals surface area contributed by atoms with Crippen LogP contribution in [-0.4, -0.2) is 46.1 Å². The molecule has 2 heterocycles. The van der Waals surface area contributed by atoms with E-state index < -0.39 is 11.6 Å². The number of hydrogen-bond donors (Lipinski definition) is 2. The molecule has 1 atom stereocenters. The first-order valence-electron chi connectivity index (χ1n) is 6.44. The molecule has 0 bridgehead atoms. The molecule has 2 aliphatic rings. The molecule has 0 saturated carbocycles. The molecular weight excluding hydrogens is 280 g/mol. The molecule has 0 aromatic heterocycles. The summed E-state index contributed by atoms with van der Waals surface area (Å²) in [5.41, 5.74) is -0.423. The highest BCUT2D eigenvalue weighted by molar-refractivity contribution is 8.03. The molecule has 0 radical (unpaired) electrons. The quantitative estimate of drug-likeness (QED) is 0.810. The van der Waals surface area contributed by atoms with Gasteiger partial charge in [-0.15, -0.1) is 11.8 Å². The Hall–Kier alpha value is -1.37. The number of nitrogens with one attached hydrogen (secondary N) is 1. The highest BCUT2D eigenvalue weighted by Crippen LogP contribution is 2.42. The van der Waals surface area contributed by atoms with Gasteiger partial charge in [0.1, 0.15) is 11.3 Å². The van der Waals surface area contributed by atoms with Crippen LogP contribution in [0.15, 0.2) is 11.1 Å². The summed E-state index contributed by atoms with van der Waals surface area (Å²) in [7, 11) is 0. The zero-order valence-corrected chi connectivity index (χ0v) is 12.9. The molecule has 6 nitrogen and oxygen atoms in total. The number of carbonyl (C=O) groups is 2. The standard InChI is InChI=1S/C13H20N2O4S/c1-12(2,3)19-11(18)15-6-13(4,7-15)10-14-8(5-20-10)9(16)17/h5,10,14H,6-7H2,1-4H3,(H,16,17). The van der Waals surface area contributed by atoms with Crippen molar-refractivity contribution in [3.63, 3.8) is 0 Å².